The first-order valence-electron chi connectivity index (χ1n) is 5.27. The van der Waals surface area contributed by atoms with E-state index >= 15 is 0 Å². The summed E-state index contributed by atoms with van der Waals surface area (Å²) in [6.45, 7) is 0.125. The molecule has 0 aliphatic rings. The molecule has 104 valence electrons. The molecule has 0 aliphatic heterocycles. The summed E-state index contributed by atoms with van der Waals surface area (Å²) in [6.07, 6.45) is 2.67. The molecule has 0 unspecified atom stereocenters. The number of nitrogens with one attached hydrogen (secondary N) is 1. The Morgan fingerprint density at radius 3 is 2.95 bits per heavy atom. The van der Waals surface area contributed by atoms with Crippen molar-refractivity contribution in [3.8, 4) is 0 Å². The van der Waals surface area contributed by atoms with E-state index in [0.717, 1.165) is 0 Å². The van der Waals surface area contributed by atoms with Crippen molar-refractivity contribution in [2.24, 2.45) is 0 Å². The van der Waals surface area contributed by atoms with Gasteiger partial charge in [0.2, 0.25) is 0 Å². The predicted octanol–water partition coefficient (Wildman–Crippen LogP) is -0.396. The number of nitrogens with zero attached hydrogens (tertiary/aromatic N) is 4. The molecule has 2 rings (SSSR count). The van der Waals surface area contributed by atoms with E-state index in [1.54, 1.807) is 19.0 Å². The third-order valence-electron chi connectivity index (χ3n) is 2.23. The maximum Gasteiger partial charge on any atom is 0.321 e. The number of ether oxygens (including phenoxy) is 1. The van der Waals surface area contributed by atoms with Gasteiger partial charge in [0.05, 0.1) is 19.1 Å². The second-order valence-corrected chi connectivity index (χ2v) is 4.00. The number of esters is 1. The molecule has 0 amide bonds. The molecule has 0 aromatic carbocycles. The lowest BCUT2D eigenvalue weighted by molar-refractivity contribution is -0.148. The number of rotatable bonds is 4. The van der Waals surface area contributed by atoms with Gasteiger partial charge in [-0.2, -0.15) is 5.10 Å². The van der Waals surface area contributed by atoms with Crippen LogP contribution in [0.5, 0.6) is 0 Å². The van der Waals surface area contributed by atoms with Gasteiger partial charge < -0.3 is 9.72 Å². The Morgan fingerprint density at radius 1 is 1.53 bits per heavy atom. The molecular weight excluding hydrogens is 274 g/mol. The molecule has 0 radical (unpaired) electrons. The van der Waals surface area contributed by atoms with E-state index in [1.165, 1.54) is 17.2 Å². The van der Waals surface area contributed by atoms with Crippen LogP contribution < -0.4 is 5.56 Å². The molecule has 19 heavy (non-hydrogen) atoms. The van der Waals surface area contributed by atoms with Crippen LogP contribution >= 0.6 is 12.4 Å². The normalized spacial score (nSPS) is 10.5. The van der Waals surface area contributed by atoms with Crippen molar-refractivity contribution in [1.29, 1.82) is 0 Å². The van der Waals surface area contributed by atoms with E-state index in [1.807, 2.05) is 0 Å². The van der Waals surface area contributed by atoms with Crippen LogP contribution in [0, 0.1) is 0 Å². The number of halogens is 1. The van der Waals surface area contributed by atoms with Gasteiger partial charge in [-0.1, -0.05) is 0 Å². The lowest BCUT2D eigenvalue weighted by atomic mass is 10.4. The molecule has 0 saturated heterocycles. The predicted molar refractivity (Wildman–Crippen MR) is 70.0 cm³/mol. The van der Waals surface area contributed by atoms with Gasteiger partial charge in [0, 0.05) is 0 Å². The zero-order chi connectivity index (χ0) is 13.1. The fourth-order valence-corrected chi connectivity index (χ4v) is 1.44. The fraction of sp³-hybridized carbons (Fsp3) is 0.400. The smallest absolute Gasteiger partial charge is 0.321 e. The van der Waals surface area contributed by atoms with E-state index in [2.05, 4.69) is 15.1 Å². The van der Waals surface area contributed by atoms with Crippen molar-refractivity contribution >= 4 is 29.4 Å². The molecule has 2 aromatic rings. The minimum absolute atomic E-state index is 0. The maximum atomic E-state index is 11.4. The molecule has 0 atom stereocenters. The molecule has 0 bridgehead atoms. The van der Waals surface area contributed by atoms with Gasteiger partial charge in [0.1, 0.15) is 5.39 Å². The summed E-state index contributed by atoms with van der Waals surface area (Å²) in [5, 5.41) is 4.31. The van der Waals surface area contributed by atoms with Crippen LogP contribution in [-0.4, -0.2) is 51.3 Å². The summed E-state index contributed by atoms with van der Waals surface area (Å²) in [7, 11) is 3.54. The Labute approximate surface area is 114 Å². The number of hydrogen-bond acceptors (Lipinski definition) is 6. The third-order valence-corrected chi connectivity index (χ3v) is 2.23. The van der Waals surface area contributed by atoms with Gasteiger partial charge >= 0.3 is 5.97 Å². The van der Waals surface area contributed by atoms with Crippen molar-refractivity contribution in [3.63, 3.8) is 0 Å². The van der Waals surface area contributed by atoms with Crippen molar-refractivity contribution in [1.82, 2.24) is 24.6 Å². The van der Waals surface area contributed by atoms with Gasteiger partial charge in [0.25, 0.3) is 5.56 Å². The third kappa shape index (κ3) is 3.52. The quantitative estimate of drug-likeness (QED) is 0.770. The molecule has 0 fully saturated rings. The van der Waals surface area contributed by atoms with Gasteiger partial charge in [-0.3, -0.25) is 14.5 Å². The molecule has 0 spiro atoms. The van der Waals surface area contributed by atoms with Crippen LogP contribution in [0.1, 0.15) is 0 Å². The summed E-state index contributed by atoms with van der Waals surface area (Å²) in [6, 6.07) is 0. The highest BCUT2D eigenvalue weighted by Crippen LogP contribution is 2.04. The van der Waals surface area contributed by atoms with Gasteiger partial charge in [-0.15, -0.1) is 12.4 Å². The number of carbonyl (C=O) groups excluding carboxylic acids is 1. The number of H-pyrrole nitrogens is 1. The highest BCUT2D eigenvalue weighted by Gasteiger charge is 2.09. The van der Waals surface area contributed by atoms with E-state index in [0.29, 0.717) is 11.0 Å². The van der Waals surface area contributed by atoms with Gasteiger partial charge in [0.15, 0.2) is 12.4 Å². The Bertz CT molecular complexity index is 621. The van der Waals surface area contributed by atoms with Crippen LogP contribution in [0.15, 0.2) is 17.3 Å². The van der Waals surface area contributed by atoms with E-state index in [-0.39, 0.29) is 37.2 Å². The molecule has 9 heteroatoms. The molecule has 2 heterocycles. The summed E-state index contributed by atoms with van der Waals surface area (Å²) >= 11 is 0. The summed E-state index contributed by atoms with van der Waals surface area (Å²) in [4.78, 5) is 30.9. The van der Waals surface area contributed by atoms with Crippen LogP contribution in [0.2, 0.25) is 0 Å². The number of aromatic amines is 1. The van der Waals surface area contributed by atoms with Crippen LogP contribution in [0.3, 0.4) is 0 Å². The van der Waals surface area contributed by atoms with Gasteiger partial charge in [-0.25, -0.2) is 9.67 Å². The van der Waals surface area contributed by atoms with E-state index in [9.17, 15) is 9.59 Å². The Balaban J connectivity index is 0.00000180. The topological polar surface area (TPSA) is 93.1 Å². The van der Waals surface area contributed by atoms with Gasteiger partial charge in [-0.05, 0) is 14.1 Å². The first-order valence-corrected chi connectivity index (χ1v) is 5.27. The van der Waals surface area contributed by atoms with Crippen LogP contribution in [-0.2, 0) is 16.3 Å². The molecular formula is C10H14ClN5O3. The second-order valence-electron chi connectivity index (χ2n) is 4.00. The van der Waals surface area contributed by atoms with Crippen LogP contribution in [0.25, 0.3) is 11.0 Å². The maximum absolute atomic E-state index is 11.4. The largest absolute Gasteiger partial charge is 0.441 e. The average molecular weight is 288 g/mol. The fourth-order valence-electron chi connectivity index (χ4n) is 1.44. The zero-order valence-electron chi connectivity index (χ0n) is 10.5. The zero-order valence-corrected chi connectivity index (χ0v) is 11.3. The number of hydrogen-bond donors (Lipinski definition) is 1. The number of carbonyl (C=O) groups is 1. The van der Waals surface area contributed by atoms with Crippen LogP contribution in [0.4, 0.5) is 0 Å². The van der Waals surface area contributed by atoms with E-state index < -0.39 is 0 Å². The van der Waals surface area contributed by atoms with E-state index in [4.69, 9.17) is 4.74 Å². The Kier molecular flexibility index (Phi) is 5.02. The standard InChI is InChI=1S/C10H13N5O3.ClH/c1-14(2)4-8(16)18-6-15-9-7(3-13-15)10(17)12-5-11-9;/h3,5H,4,6H2,1-2H3,(H,11,12,17);1H. The molecule has 1 N–H and O–H groups in total. The highest BCUT2D eigenvalue weighted by molar-refractivity contribution is 5.85. The first kappa shape index (κ1) is 15.1. The lowest BCUT2D eigenvalue weighted by Gasteiger charge is -2.09. The minimum Gasteiger partial charge on any atom is -0.441 e. The first-order chi connectivity index (χ1) is 8.58. The summed E-state index contributed by atoms with van der Waals surface area (Å²) in [5.74, 6) is -0.367. The molecule has 0 aliphatic carbocycles. The van der Waals surface area contributed by atoms with Crippen molar-refractivity contribution in [2.75, 3.05) is 20.6 Å². The average Bonchev–Trinajstić information content (AvgIpc) is 2.70. The second kappa shape index (κ2) is 6.30. The van der Waals surface area contributed by atoms with Crippen molar-refractivity contribution in [3.05, 3.63) is 22.9 Å². The molecule has 8 nitrogen and oxygen atoms in total. The molecule has 0 saturated carbocycles. The summed E-state index contributed by atoms with van der Waals surface area (Å²) in [5.41, 5.74) is 0.113. The number of aromatic nitrogens is 4. The Hall–Kier alpha value is -1.93. The molecule has 2 aromatic heterocycles. The number of likely N-dealkylation sites (N-methyl/N-ethyl adjacent to an activating group) is 1. The SMILES string of the molecule is CN(C)CC(=O)OCn1ncc2c(=O)[nH]cnc21.Cl. The summed E-state index contributed by atoms with van der Waals surface area (Å²) < 4.78 is 6.37. The van der Waals surface area contributed by atoms with Crippen molar-refractivity contribution < 1.29 is 9.53 Å². The highest BCUT2D eigenvalue weighted by atomic mass is 35.5. The number of fused-ring (bicyclic) bond motifs is 1. The Morgan fingerprint density at radius 2 is 2.26 bits per heavy atom. The monoisotopic (exact) mass is 287 g/mol. The lowest BCUT2D eigenvalue weighted by Crippen LogP contribution is -2.24. The minimum atomic E-state index is -0.367. The van der Waals surface area contributed by atoms with Crippen molar-refractivity contribution in [2.45, 2.75) is 6.73 Å².